The van der Waals surface area contributed by atoms with E-state index in [-0.39, 0.29) is 17.3 Å². The van der Waals surface area contributed by atoms with Crippen molar-refractivity contribution in [3.05, 3.63) is 72.0 Å². The van der Waals surface area contributed by atoms with E-state index in [4.69, 9.17) is 0 Å². The van der Waals surface area contributed by atoms with Crippen LogP contribution in [-0.2, 0) is 11.0 Å². The third-order valence-electron chi connectivity index (χ3n) is 4.20. The summed E-state index contributed by atoms with van der Waals surface area (Å²) >= 11 is 1.04. The van der Waals surface area contributed by atoms with E-state index < -0.39 is 17.6 Å². The number of para-hydroxylation sites is 1. The van der Waals surface area contributed by atoms with Crippen molar-refractivity contribution in [2.75, 3.05) is 11.1 Å². The Hall–Kier alpha value is -3.47. The first-order valence-electron chi connectivity index (χ1n) is 8.88. The van der Waals surface area contributed by atoms with E-state index in [2.05, 4.69) is 20.6 Å². The van der Waals surface area contributed by atoms with E-state index in [9.17, 15) is 22.4 Å². The number of amides is 1. The van der Waals surface area contributed by atoms with Crippen LogP contribution in [0.3, 0.4) is 0 Å². The fourth-order valence-electron chi connectivity index (χ4n) is 2.79. The van der Waals surface area contributed by atoms with Gasteiger partial charge in [-0.05, 0) is 48.5 Å². The Labute approximate surface area is 177 Å². The zero-order valence-electron chi connectivity index (χ0n) is 15.6. The van der Waals surface area contributed by atoms with Crippen LogP contribution < -0.4 is 5.32 Å². The van der Waals surface area contributed by atoms with Crippen molar-refractivity contribution < 1.29 is 22.4 Å². The molecule has 0 saturated heterocycles. The molecular formula is C20H13F4N5OS. The summed E-state index contributed by atoms with van der Waals surface area (Å²) in [7, 11) is 0. The number of rotatable bonds is 5. The molecule has 4 aromatic rings. The van der Waals surface area contributed by atoms with Crippen molar-refractivity contribution in [2.45, 2.75) is 11.2 Å². The van der Waals surface area contributed by atoms with Crippen LogP contribution in [0.1, 0.15) is 5.56 Å². The number of fused-ring (bicyclic) bond motifs is 1. The lowest BCUT2D eigenvalue weighted by Gasteiger charge is -2.13. The number of carbonyl (C=O) groups is 1. The third-order valence-corrected chi connectivity index (χ3v) is 5.12. The molecule has 0 aliphatic carbocycles. The molecule has 0 bridgehead atoms. The number of alkyl halides is 3. The van der Waals surface area contributed by atoms with Crippen LogP contribution in [0.5, 0.6) is 0 Å². The molecule has 1 N–H and O–H groups in total. The van der Waals surface area contributed by atoms with Gasteiger partial charge in [0, 0.05) is 5.56 Å². The molecule has 0 aliphatic heterocycles. The summed E-state index contributed by atoms with van der Waals surface area (Å²) < 4.78 is 53.8. The number of benzene rings is 2. The summed E-state index contributed by atoms with van der Waals surface area (Å²) in [6, 6.07) is 13.7. The molecule has 11 heteroatoms. The molecule has 158 valence electrons. The standard InChI is InChI=1S/C20H13F4N5OS/c21-13-7-5-12(6-8-13)19-27-26-16-9-10-18(28-29(16)19)31-11-17(30)25-15-4-2-1-3-14(15)20(22,23)24/h1-10H,11H2,(H,25,30). The average Bonchev–Trinajstić information content (AvgIpc) is 3.16. The molecule has 0 saturated carbocycles. The SMILES string of the molecule is O=C(CSc1ccc2nnc(-c3ccc(F)cc3)n2n1)Nc1ccccc1C(F)(F)F. The second-order valence-corrected chi connectivity index (χ2v) is 7.35. The molecule has 1 amide bonds. The van der Waals surface area contributed by atoms with Gasteiger partial charge in [-0.3, -0.25) is 4.79 Å². The highest BCUT2D eigenvalue weighted by molar-refractivity contribution is 7.99. The molecule has 0 aliphatic rings. The summed E-state index contributed by atoms with van der Waals surface area (Å²) in [4.78, 5) is 12.2. The lowest BCUT2D eigenvalue weighted by molar-refractivity contribution is -0.137. The summed E-state index contributed by atoms with van der Waals surface area (Å²) in [6.45, 7) is 0. The predicted octanol–water partition coefficient (Wildman–Crippen LogP) is 4.68. The Morgan fingerprint density at radius 3 is 2.48 bits per heavy atom. The molecule has 31 heavy (non-hydrogen) atoms. The largest absolute Gasteiger partial charge is 0.418 e. The Morgan fingerprint density at radius 2 is 1.74 bits per heavy atom. The highest BCUT2D eigenvalue weighted by Gasteiger charge is 2.33. The second-order valence-electron chi connectivity index (χ2n) is 6.35. The van der Waals surface area contributed by atoms with E-state index >= 15 is 0 Å². The van der Waals surface area contributed by atoms with E-state index in [1.165, 1.54) is 34.8 Å². The highest BCUT2D eigenvalue weighted by Crippen LogP contribution is 2.34. The first-order valence-corrected chi connectivity index (χ1v) is 9.87. The number of nitrogens with zero attached hydrogens (tertiary/aromatic N) is 4. The maximum absolute atomic E-state index is 13.2. The number of hydrogen-bond donors (Lipinski definition) is 1. The number of thioether (sulfide) groups is 1. The molecule has 0 unspecified atom stereocenters. The molecular weight excluding hydrogens is 434 g/mol. The molecule has 0 atom stereocenters. The maximum Gasteiger partial charge on any atom is 0.418 e. The van der Waals surface area contributed by atoms with Crippen molar-refractivity contribution in [1.29, 1.82) is 0 Å². The van der Waals surface area contributed by atoms with Crippen LogP contribution >= 0.6 is 11.8 Å². The number of hydrogen-bond acceptors (Lipinski definition) is 5. The van der Waals surface area contributed by atoms with Gasteiger partial charge >= 0.3 is 6.18 Å². The Morgan fingerprint density at radius 1 is 1.00 bits per heavy atom. The first-order chi connectivity index (χ1) is 14.8. The van der Waals surface area contributed by atoms with Gasteiger partial charge in [-0.2, -0.15) is 22.8 Å². The van der Waals surface area contributed by atoms with Crippen LogP contribution in [0, 0.1) is 5.82 Å². The number of halogens is 4. The first kappa shape index (κ1) is 20.8. The smallest absolute Gasteiger partial charge is 0.325 e. The minimum absolute atomic E-state index is 0.154. The number of aromatic nitrogens is 4. The lowest BCUT2D eigenvalue weighted by Crippen LogP contribution is -2.18. The zero-order valence-corrected chi connectivity index (χ0v) is 16.4. The van der Waals surface area contributed by atoms with Gasteiger partial charge in [-0.15, -0.1) is 10.2 Å². The minimum atomic E-state index is -4.57. The van der Waals surface area contributed by atoms with Crippen LogP contribution in [0.2, 0.25) is 0 Å². The normalized spacial score (nSPS) is 11.6. The van der Waals surface area contributed by atoms with Crippen molar-refractivity contribution in [3.8, 4) is 11.4 Å². The van der Waals surface area contributed by atoms with Gasteiger partial charge in [0.05, 0.1) is 17.0 Å². The van der Waals surface area contributed by atoms with Gasteiger partial charge < -0.3 is 5.32 Å². The Balaban J connectivity index is 1.49. The molecule has 0 spiro atoms. The quantitative estimate of drug-likeness (QED) is 0.355. The van der Waals surface area contributed by atoms with Gasteiger partial charge in [0.25, 0.3) is 0 Å². The highest BCUT2D eigenvalue weighted by atomic mass is 32.2. The molecule has 2 aromatic carbocycles. The van der Waals surface area contributed by atoms with E-state index in [1.807, 2.05) is 0 Å². The van der Waals surface area contributed by atoms with Crippen molar-refractivity contribution in [3.63, 3.8) is 0 Å². The molecule has 0 fully saturated rings. The molecule has 2 aromatic heterocycles. The van der Waals surface area contributed by atoms with E-state index in [1.54, 1.807) is 24.3 Å². The van der Waals surface area contributed by atoms with Gasteiger partial charge in [-0.25, -0.2) is 4.39 Å². The van der Waals surface area contributed by atoms with Gasteiger partial charge in [0.15, 0.2) is 11.5 Å². The average molecular weight is 447 g/mol. The number of nitrogens with one attached hydrogen (secondary N) is 1. The van der Waals surface area contributed by atoms with Crippen LogP contribution in [0.4, 0.5) is 23.2 Å². The number of anilines is 1. The summed E-state index contributed by atoms with van der Waals surface area (Å²) in [5.41, 5.74) is -0.167. The lowest BCUT2D eigenvalue weighted by atomic mass is 10.1. The topological polar surface area (TPSA) is 72.2 Å². The van der Waals surface area contributed by atoms with Crippen molar-refractivity contribution in [2.24, 2.45) is 0 Å². The Kier molecular flexibility index (Phi) is 5.59. The minimum Gasteiger partial charge on any atom is -0.325 e. The fraction of sp³-hybridized carbons (Fsp3) is 0.100. The zero-order chi connectivity index (χ0) is 22.0. The van der Waals surface area contributed by atoms with Crippen LogP contribution in [0.25, 0.3) is 17.0 Å². The fourth-order valence-corrected chi connectivity index (χ4v) is 3.45. The van der Waals surface area contributed by atoms with Crippen LogP contribution in [-0.4, -0.2) is 31.5 Å². The molecule has 2 heterocycles. The van der Waals surface area contributed by atoms with Gasteiger partial charge in [-0.1, -0.05) is 23.9 Å². The van der Waals surface area contributed by atoms with Crippen molar-refractivity contribution >= 4 is 29.0 Å². The number of carbonyl (C=O) groups excluding carboxylic acids is 1. The summed E-state index contributed by atoms with van der Waals surface area (Å²) in [5.74, 6) is -0.759. The third kappa shape index (κ3) is 4.66. The van der Waals surface area contributed by atoms with Gasteiger partial charge in [0.2, 0.25) is 5.91 Å². The monoisotopic (exact) mass is 447 g/mol. The van der Waals surface area contributed by atoms with Crippen molar-refractivity contribution in [1.82, 2.24) is 19.8 Å². The van der Waals surface area contributed by atoms with E-state index in [0.717, 1.165) is 17.8 Å². The molecule has 6 nitrogen and oxygen atoms in total. The van der Waals surface area contributed by atoms with E-state index in [0.29, 0.717) is 22.1 Å². The molecule has 0 radical (unpaired) electrons. The summed E-state index contributed by atoms with van der Waals surface area (Å²) in [6.07, 6.45) is -4.57. The van der Waals surface area contributed by atoms with Gasteiger partial charge in [0.1, 0.15) is 10.8 Å². The van der Waals surface area contributed by atoms with Crippen LogP contribution in [0.15, 0.2) is 65.7 Å². The maximum atomic E-state index is 13.2. The molecule has 4 rings (SSSR count). The summed E-state index contributed by atoms with van der Waals surface area (Å²) in [5, 5.41) is 15.2. The predicted molar refractivity (Wildman–Crippen MR) is 107 cm³/mol. The second kappa shape index (κ2) is 8.34. The Bertz CT molecular complexity index is 1240.